The van der Waals surface area contributed by atoms with Gasteiger partial charge in [0.25, 0.3) is 0 Å². The molecule has 0 aromatic carbocycles. The zero-order chi connectivity index (χ0) is 15.5. The number of hydrogen-bond acceptors (Lipinski definition) is 5. The van der Waals surface area contributed by atoms with Crippen LogP contribution in [0, 0.1) is 0 Å². The monoisotopic (exact) mass is 381 g/mol. The molecule has 0 aliphatic carbocycles. The summed E-state index contributed by atoms with van der Waals surface area (Å²) in [7, 11) is 2.62. The van der Waals surface area contributed by atoms with Crippen molar-refractivity contribution in [2.24, 2.45) is 0 Å². The number of halogens is 5. The molecule has 112 valence electrons. The summed E-state index contributed by atoms with van der Waals surface area (Å²) in [5.41, 5.74) is -0.175. The van der Waals surface area contributed by atoms with Crippen LogP contribution < -0.4 is 9.47 Å². The lowest BCUT2D eigenvalue weighted by Gasteiger charge is -2.17. The minimum Gasteiger partial charge on any atom is -0.480 e. The molecule has 20 heavy (non-hydrogen) atoms. The summed E-state index contributed by atoms with van der Waals surface area (Å²) < 4.78 is 12.6. The third-order valence-corrected chi connectivity index (χ3v) is 3.17. The van der Waals surface area contributed by atoms with Crippen LogP contribution in [0.4, 0.5) is 0 Å². The van der Waals surface area contributed by atoms with E-state index in [2.05, 4.69) is 9.72 Å². The fraction of sp³-hybridized carbons (Fsp3) is 0.400. The zero-order valence-electron chi connectivity index (χ0n) is 10.2. The standard InChI is InChI=1S/C10H8Cl5NO4/c1-18-3-4(17)20-7-5(11)8(10(13,14)15)16-9(19-2)6(7)12/h3H2,1-2H3. The molecule has 1 rings (SSSR count). The van der Waals surface area contributed by atoms with E-state index in [1.807, 2.05) is 0 Å². The van der Waals surface area contributed by atoms with E-state index in [1.54, 1.807) is 0 Å². The molecule has 0 aliphatic heterocycles. The van der Waals surface area contributed by atoms with Gasteiger partial charge in [0, 0.05) is 7.11 Å². The Hall–Kier alpha value is -0.170. The van der Waals surface area contributed by atoms with Crippen LogP contribution in [0.3, 0.4) is 0 Å². The molecule has 0 amide bonds. The van der Waals surface area contributed by atoms with Crippen molar-refractivity contribution in [3.63, 3.8) is 0 Å². The summed E-state index contributed by atoms with van der Waals surface area (Å²) in [6.07, 6.45) is 0. The fourth-order valence-electron chi connectivity index (χ4n) is 1.17. The van der Waals surface area contributed by atoms with Gasteiger partial charge in [-0.05, 0) is 0 Å². The van der Waals surface area contributed by atoms with Crippen molar-refractivity contribution in [1.82, 2.24) is 4.98 Å². The minimum atomic E-state index is -1.95. The smallest absolute Gasteiger partial charge is 0.337 e. The number of carbonyl (C=O) groups excluding carboxylic acids is 1. The number of nitrogens with zero attached hydrogens (tertiary/aromatic N) is 1. The molecule has 0 saturated heterocycles. The quantitative estimate of drug-likeness (QED) is 0.585. The van der Waals surface area contributed by atoms with Gasteiger partial charge >= 0.3 is 5.97 Å². The molecule has 0 radical (unpaired) electrons. The van der Waals surface area contributed by atoms with Crippen LogP contribution in [0.25, 0.3) is 0 Å². The average Bonchev–Trinajstić information content (AvgIpc) is 2.33. The summed E-state index contributed by atoms with van der Waals surface area (Å²) in [6, 6.07) is 0. The molecule has 5 nitrogen and oxygen atoms in total. The third-order valence-electron chi connectivity index (χ3n) is 1.95. The van der Waals surface area contributed by atoms with Crippen molar-refractivity contribution >= 4 is 64.0 Å². The Morgan fingerprint density at radius 1 is 1.20 bits per heavy atom. The van der Waals surface area contributed by atoms with E-state index >= 15 is 0 Å². The number of aromatic nitrogens is 1. The molecule has 0 bridgehead atoms. The molecule has 0 atom stereocenters. The molecule has 0 saturated carbocycles. The van der Waals surface area contributed by atoms with Crippen LogP contribution in [-0.2, 0) is 13.3 Å². The number of pyridine rings is 1. The first-order chi connectivity index (χ1) is 9.22. The maximum atomic E-state index is 11.5. The van der Waals surface area contributed by atoms with E-state index in [-0.39, 0.29) is 34.0 Å². The number of rotatable bonds is 4. The molecule has 1 aromatic rings. The van der Waals surface area contributed by atoms with Crippen LogP contribution in [0.2, 0.25) is 10.0 Å². The molecule has 0 aliphatic rings. The number of hydrogen-bond donors (Lipinski definition) is 0. The van der Waals surface area contributed by atoms with E-state index in [0.29, 0.717) is 0 Å². The highest BCUT2D eigenvalue weighted by Crippen LogP contribution is 2.48. The van der Waals surface area contributed by atoms with E-state index in [9.17, 15) is 4.79 Å². The van der Waals surface area contributed by atoms with Crippen molar-refractivity contribution < 1.29 is 19.0 Å². The lowest BCUT2D eigenvalue weighted by Crippen LogP contribution is -2.16. The largest absolute Gasteiger partial charge is 0.480 e. The van der Waals surface area contributed by atoms with Crippen LogP contribution >= 0.6 is 58.0 Å². The summed E-state index contributed by atoms with van der Waals surface area (Å²) in [5.74, 6) is -1.05. The van der Waals surface area contributed by atoms with Crippen LogP contribution in [0.1, 0.15) is 5.69 Å². The van der Waals surface area contributed by atoms with Crippen LogP contribution in [0.15, 0.2) is 0 Å². The third kappa shape index (κ3) is 4.16. The molecule has 0 N–H and O–H groups in total. The molecule has 1 aromatic heterocycles. The number of ether oxygens (including phenoxy) is 3. The molecule has 0 fully saturated rings. The fourth-order valence-corrected chi connectivity index (χ4v) is 2.35. The van der Waals surface area contributed by atoms with E-state index in [0.717, 1.165) is 0 Å². The minimum absolute atomic E-state index is 0.0994. The highest BCUT2D eigenvalue weighted by molar-refractivity contribution is 6.67. The van der Waals surface area contributed by atoms with Crippen molar-refractivity contribution in [2.45, 2.75) is 3.79 Å². The molecule has 10 heteroatoms. The van der Waals surface area contributed by atoms with Gasteiger partial charge in [-0.2, -0.15) is 0 Å². The predicted octanol–water partition coefficient (Wildman–Crippen LogP) is 3.78. The van der Waals surface area contributed by atoms with Gasteiger partial charge in [-0.3, -0.25) is 0 Å². The maximum absolute atomic E-state index is 11.5. The van der Waals surface area contributed by atoms with Crippen LogP contribution in [0.5, 0.6) is 11.6 Å². The van der Waals surface area contributed by atoms with Gasteiger partial charge in [0.05, 0.1) is 7.11 Å². The summed E-state index contributed by atoms with van der Waals surface area (Å²) in [5, 5.41) is -0.333. The van der Waals surface area contributed by atoms with Gasteiger partial charge in [-0.1, -0.05) is 58.0 Å². The maximum Gasteiger partial charge on any atom is 0.337 e. The number of carbonyl (C=O) groups is 1. The van der Waals surface area contributed by atoms with Crippen molar-refractivity contribution in [2.75, 3.05) is 20.8 Å². The Kier molecular flexibility index (Phi) is 6.44. The first-order valence-corrected chi connectivity index (χ1v) is 6.81. The summed E-state index contributed by atoms with van der Waals surface area (Å²) in [4.78, 5) is 15.3. The Morgan fingerprint density at radius 3 is 2.25 bits per heavy atom. The van der Waals surface area contributed by atoms with Gasteiger partial charge in [-0.15, -0.1) is 0 Å². The second kappa shape index (κ2) is 7.20. The van der Waals surface area contributed by atoms with E-state index in [1.165, 1.54) is 14.2 Å². The molecular formula is C10H8Cl5NO4. The topological polar surface area (TPSA) is 57.7 Å². The number of alkyl halides is 3. The number of esters is 1. The summed E-state index contributed by atoms with van der Waals surface area (Å²) >= 11 is 29.2. The van der Waals surface area contributed by atoms with Crippen molar-refractivity contribution in [3.05, 3.63) is 15.7 Å². The SMILES string of the molecule is COCC(=O)Oc1c(Cl)c(OC)nc(C(Cl)(Cl)Cl)c1Cl. The average molecular weight is 383 g/mol. The molecule has 0 unspecified atom stereocenters. The summed E-state index contributed by atoms with van der Waals surface area (Å²) in [6.45, 7) is -0.305. The van der Waals surface area contributed by atoms with Gasteiger partial charge in [-0.25, -0.2) is 9.78 Å². The first kappa shape index (κ1) is 17.9. The zero-order valence-corrected chi connectivity index (χ0v) is 14.0. The second-order valence-electron chi connectivity index (χ2n) is 3.33. The molecule has 0 spiro atoms. The van der Waals surface area contributed by atoms with Gasteiger partial charge in [0.15, 0.2) is 5.75 Å². The van der Waals surface area contributed by atoms with Gasteiger partial charge in [0.2, 0.25) is 9.67 Å². The lowest BCUT2D eigenvalue weighted by atomic mass is 10.3. The Labute approximate surface area is 139 Å². The van der Waals surface area contributed by atoms with Crippen LogP contribution in [-0.4, -0.2) is 31.8 Å². The van der Waals surface area contributed by atoms with Crippen molar-refractivity contribution in [1.29, 1.82) is 0 Å². The highest BCUT2D eigenvalue weighted by Gasteiger charge is 2.33. The van der Waals surface area contributed by atoms with Gasteiger partial charge < -0.3 is 14.2 Å². The Balaban J connectivity index is 3.37. The normalized spacial score (nSPS) is 11.3. The van der Waals surface area contributed by atoms with Gasteiger partial charge in [0.1, 0.15) is 22.3 Å². The molecular weight excluding hydrogens is 375 g/mol. The predicted molar refractivity (Wildman–Crippen MR) is 77.6 cm³/mol. The van der Waals surface area contributed by atoms with Crippen molar-refractivity contribution in [3.8, 4) is 11.6 Å². The second-order valence-corrected chi connectivity index (χ2v) is 6.37. The van der Waals surface area contributed by atoms with E-state index < -0.39 is 9.76 Å². The Morgan fingerprint density at radius 2 is 1.80 bits per heavy atom. The first-order valence-electron chi connectivity index (χ1n) is 4.92. The van der Waals surface area contributed by atoms with E-state index in [4.69, 9.17) is 67.5 Å². The lowest BCUT2D eigenvalue weighted by molar-refractivity contribution is -0.138. The Bertz CT molecular complexity index is 517. The molecule has 1 heterocycles. The highest BCUT2D eigenvalue weighted by atomic mass is 35.6. The number of methoxy groups -OCH3 is 2.